The van der Waals surface area contributed by atoms with E-state index in [1.165, 1.54) is 76.5 Å². The number of fused-ring (bicyclic) bond motifs is 5. The molecule has 186 valence electrons. The van der Waals surface area contributed by atoms with Crippen LogP contribution in [0.2, 0.25) is 0 Å². The monoisotopic (exact) mass is 506 g/mol. The molecule has 8 aromatic rings. The molecule has 0 heteroatoms. The van der Waals surface area contributed by atoms with Crippen LogP contribution in [0.25, 0.3) is 76.5 Å². The fourth-order valence-electron chi connectivity index (χ4n) is 6.54. The molecule has 0 heterocycles. The van der Waals surface area contributed by atoms with Gasteiger partial charge in [0.05, 0.1) is 0 Å². The fourth-order valence-corrected chi connectivity index (χ4v) is 6.54. The van der Waals surface area contributed by atoms with E-state index in [-0.39, 0.29) is 0 Å². The Morgan fingerprint density at radius 3 is 1.30 bits per heavy atom. The van der Waals surface area contributed by atoms with E-state index in [1.807, 2.05) is 0 Å². The van der Waals surface area contributed by atoms with Gasteiger partial charge in [0.1, 0.15) is 0 Å². The first kappa shape index (κ1) is 22.8. The second kappa shape index (κ2) is 9.22. The Morgan fingerprint density at radius 2 is 0.675 bits per heavy atom. The minimum Gasteiger partial charge on any atom is -0.0622 e. The first-order chi connectivity index (χ1) is 19.9. The molecule has 0 amide bonds. The Kier molecular flexibility index (Phi) is 5.24. The minimum atomic E-state index is 1.23. The molecule has 0 fully saturated rings. The van der Waals surface area contributed by atoms with Gasteiger partial charge >= 0.3 is 0 Å². The summed E-state index contributed by atoms with van der Waals surface area (Å²) < 4.78 is 0. The molecule has 40 heavy (non-hydrogen) atoms. The minimum absolute atomic E-state index is 1.23. The van der Waals surface area contributed by atoms with Gasteiger partial charge in [0.2, 0.25) is 0 Å². The second-order valence-corrected chi connectivity index (χ2v) is 10.4. The molecule has 0 bridgehead atoms. The highest BCUT2D eigenvalue weighted by molar-refractivity contribution is 6.26. The van der Waals surface area contributed by atoms with Crippen molar-refractivity contribution in [2.75, 3.05) is 0 Å². The highest BCUT2D eigenvalue weighted by Crippen LogP contribution is 2.47. The molecule has 0 radical (unpaired) electrons. The van der Waals surface area contributed by atoms with Crippen LogP contribution >= 0.6 is 0 Å². The molecule has 0 N–H and O–H groups in total. The molecule has 0 aliphatic rings. The predicted octanol–water partition coefficient (Wildman–Crippen LogP) is 11.3. The smallest absolute Gasteiger partial charge is 0.00199 e. The third-order valence-electron chi connectivity index (χ3n) is 8.25. The van der Waals surface area contributed by atoms with Crippen LogP contribution in [0.3, 0.4) is 0 Å². The van der Waals surface area contributed by atoms with Gasteiger partial charge in [-0.1, -0.05) is 152 Å². The lowest BCUT2D eigenvalue weighted by Crippen LogP contribution is -1.93. The summed E-state index contributed by atoms with van der Waals surface area (Å²) in [5.41, 5.74) is 7.62. The van der Waals surface area contributed by atoms with E-state index in [0.29, 0.717) is 0 Å². The standard InChI is InChI=1S/C40H26/c1-2-14-27(15-3-1)29-17-6-9-21-33(29)39-34-22-10-12-24-36(34)40(37-25-13-11-23-35(37)39)38-26-28-16-4-5-18-30(28)31-19-7-8-20-32(31)38/h1-26H. The van der Waals surface area contributed by atoms with Gasteiger partial charge in [0, 0.05) is 0 Å². The highest BCUT2D eigenvalue weighted by Gasteiger charge is 2.20. The maximum atomic E-state index is 2.39. The Bertz CT molecular complexity index is 2150. The van der Waals surface area contributed by atoms with E-state index in [9.17, 15) is 0 Å². The summed E-state index contributed by atoms with van der Waals surface area (Å²) in [5.74, 6) is 0. The van der Waals surface area contributed by atoms with Crippen molar-refractivity contribution >= 4 is 43.1 Å². The summed E-state index contributed by atoms with van der Waals surface area (Å²) in [7, 11) is 0. The van der Waals surface area contributed by atoms with Crippen LogP contribution in [0, 0.1) is 0 Å². The third-order valence-corrected chi connectivity index (χ3v) is 8.25. The molecule has 0 aliphatic heterocycles. The quantitative estimate of drug-likeness (QED) is 0.165. The van der Waals surface area contributed by atoms with Gasteiger partial charge in [0.25, 0.3) is 0 Å². The van der Waals surface area contributed by atoms with Crippen LogP contribution in [0.4, 0.5) is 0 Å². The first-order valence-corrected chi connectivity index (χ1v) is 13.9. The number of hydrogen-bond acceptors (Lipinski definition) is 0. The van der Waals surface area contributed by atoms with E-state index < -0.39 is 0 Å². The van der Waals surface area contributed by atoms with Crippen LogP contribution in [0.15, 0.2) is 158 Å². The predicted molar refractivity (Wildman–Crippen MR) is 173 cm³/mol. The van der Waals surface area contributed by atoms with E-state index in [0.717, 1.165) is 0 Å². The average molecular weight is 507 g/mol. The fraction of sp³-hybridized carbons (Fsp3) is 0. The van der Waals surface area contributed by atoms with Crippen molar-refractivity contribution in [2.45, 2.75) is 0 Å². The lowest BCUT2D eigenvalue weighted by Gasteiger charge is -2.21. The molecule has 0 atom stereocenters. The average Bonchev–Trinajstić information content (AvgIpc) is 3.04. The lowest BCUT2D eigenvalue weighted by molar-refractivity contribution is 1.61. The van der Waals surface area contributed by atoms with E-state index >= 15 is 0 Å². The Labute approximate surface area is 233 Å². The SMILES string of the molecule is c1ccc(-c2ccccc2-c2c3ccccc3c(-c3cc4ccccc4c4ccccc34)c3ccccc23)cc1. The van der Waals surface area contributed by atoms with Gasteiger partial charge in [0.15, 0.2) is 0 Å². The van der Waals surface area contributed by atoms with Crippen molar-refractivity contribution in [3.63, 3.8) is 0 Å². The summed E-state index contributed by atoms with van der Waals surface area (Å²) in [4.78, 5) is 0. The van der Waals surface area contributed by atoms with E-state index in [1.54, 1.807) is 0 Å². The maximum absolute atomic E-state index is 2.39. The van der Waals surface area contributed by atoms with Crippen molar-refractivity contribution in [3.8, 4) is 33.4 Å². The van der Waals surface area contributed by atoms with E-state index in [4.69, 9.17) is 0 Å². The van der Waals surface area contributed by atoms with Gasteiger partial charge in [-0.05, 0) is 82.5 Å². The molecule has 0 saturated carbocycles. The third kappa shape index (κ3) is 3.47. The van der Waals surface area contributed by atoms with Crippen LogP contribution in [-0.4, -0.2) is 0 Å². The van der Waals surface area contributed by atoms with Crippen molar-refractivity contribution < 1.29 is 0 Å². The van der Waals surface area contributed by atoms with Gasteiger partial charge in [-0.2, -0.15) is 0 Å². The highest BCUT2D eigenvalue weighted by atomic mass is 14.2. The van der Waals surface area contributed by atoms with Gasteiger partial charge in [-0.3, -0.25) is 0 Å². The van der Waals surface area contributed by atoms with Crippen LogP contribution in [-0.2, 0) is 0 Å². The van der Waals surface area contributed by atoms with Crippen molar-refractivity contribution in [1.82, 2.24) is 0 Å². The maximum Gasteiger partial charge on any atom is -0.00199 e. The zero-order chi connectivity index (χ0) is 26.5. The summed E-state index contributed by atoms with van der Waals surface area (Å²) in [5, 5.41) is 10.2. The number of rotatable bonds is 3. The summed E-state index contributed by atoms with van der Waals surface area (Å²) >= 11 is 0. The molecule has 0 unspecified atom stereocenters. The molecular weight excluding hydrogens is 480 g/mol. The lowest BCUT2D eigenvalue weighted by atomic mass is 9.82. The van der Waals surface area contributed by atoms with Crippen molar-refractivity contribution in [1.29, 1.82) is 0 Å². The van der Waals surface area contributed by atoms with E-state index in [2.05, 4.69) is 158 Å². The molecule has 0 spiro atoms. The molecule has 0 saturated heterocycles. The molecule has 0 nitrogen and oxygen atoms in total. The van der Waals surface area contributed by atoms with Gasteiger partial charge < -0.3 is 0 Å². The van der Waals surface area contributed by atoms with Gasteiger partial charge in [-0.15, -0.1) is 0 Å². The van der Waals surface area contributed by atoms with Crippen LogP contribution in [0.1, 0.15) is 0 Å². The molecule has 8 aromatic carbocycles. The largest absolute Gasteiger partial charge is 0.0622 e. The number of benzene rings is 8. The zero-order valence-corrected chi connectivity index (χ0v) is 22.0. The Morgan fingerprint density at radius 1 is 0.250 bits per heavy atom. The molecule has 8 rings (SSSR count). The summed E-state index contributed by atoms with van der Waals surface area (Å²) in [6.45, 7) is 0. The van der Waals surface area contributed by atoms with Crippen LogP contribution < -0.4 is 0 Å². The summed E-state index contributed by atoms with van der Waals surface area (Å²) in [6.07, 6.45) is 0. The normalized spacial score (nSPS) is 11.5. The Balaban J connectivity index is 1.55. The van der Waals surface area contributed by atoms with Crippen molar-refractivity contribution in [3.05, 3.63) is 158 Å². The van der Waals surface area contributed by atoms with Crippen LogP contribution in [0.5, 0.6) is 0 Å². The summed E-state index contributed by atoms with van der Waals surface area (Å²) in [6, 6.07) is 57.5. The second-order valence-electron chi connectivity index (χ2n) is 10.4. The number of hydrogen-bond donors (Lipinski definition) is 0. The van der Waals surface area contributed by atoms with Gasteiger partial charge in [-0.25, -0.2) is 0 Å². The first-order valence-electron chi connectivity index (χ1n) is 13.9. The topological polar surface area (TPSA) is 0 Å². The zero-order valence-electron chi connectivity index (χ0n) is 22.0. The Hall–Kier alpha value is -5.20. The molecule has 0 aliphatic carbocycles. The molecule has 0 aromatic heterocycles. The van der Waals surface area contributed by atoms with Crippen molar-refractivity contribution in [2.24, 2.45) is 0 Å². The molecular formula is C40H26.